The molecule has 2 aliphatic rings. The predicted molar refractivity (Wildman–Crippen MR) is 273 cm³/mol. The fourth-order valence-electron chi connectivity index (χ4n) is 8.60. The Labute approximate surface area is 426 Å². The van der Waals surface area contributed by atoms with Crippen LogP contribution in [0, 0.1) is 18.9 Å². The Balaban J connectivity index is 0.845. The van der Waals surface area contributed by atoms with Crippen molar-refractivity contribution in [3.8, 4) is 21.9 Å². The molecule has 3 N–H and O–H groups in total. The van der Waals surface area contributed by atoms with Crippen molar-refractivity contribution in [3.05, 3.63) is 130 Å². The third-order valence-electron chi connectivity index (χ3n) is 12.5. The molecule has 3 heterocycles. The maximum atomic E-state index is 14.1. The van der Waals surface area contributed by atoms with Crippen molar-refractivity contribution >= 4 is 69.4 Å². The highest BCUT2D eigenvalue weighted by atomic mass is 32.1. The first-order valence-corrected chi connectivity index (χ1v) is 24.6. The van der Waals surface area contributed by atoms with Crippen LogP contribution in [0.1, 0.15) is 76.3 Å². The average molecular weight is 1020 g/mol. The number of ether oxygens (including phenoxy) is 2. The lowest BCUT2D eigenvalue weighted by molar-refractivity contribution is -0.144. The van der Waals surface area contributed by atoms with Crippen molar-refractivity contribution in [1.82, 2.24) is 20.5 Å². The highest BCUT2D eigenvalue weighted by Gasteiger charge is 2.51. The summed E-state index contributed by atoms with van der Waals surface area (Å²) in [4.78, 5) is 66.9. The number of aliphatic hydroxyl groups is 1. The van der Waals surface area contributed by atoms with Gasteiger partial charge in [-0.05, 0) is 110 Å². The number of carbonyl (C=O) groups excluding carboxylic acids is 4. The molecule has 4 aromatic carbocycles. The van der Waals surface area contributed by atoms with Crippen LogP contribution in [-0.2, 0) is 38.3 Å². The highest BCUT2D eigenvalue weighted by Crippen LogP contribution is 2.42. The minimum absolute atomic E-state index is 0.00733. The van der Waals surface area contributed by atoms with Gasteiger partial charge in [-0.3, -0.25) is 24.1 Å². The first kappa shape index (κ1) is 52.9. The fraction of sp³-hybridized carbons (Fsp3) is 0.377. The molecule has 7 rings (SSSR count). The zero-order valence-corrected chi connectivity index (χ0v) is 42.3. The van der Waals surface area contributed by atoms with Gasteiger partial charge in [0, 0.05) is 43.7 Å². The first-order chi connectivity index (χ1) is 34.1. The van der Waals surface area contributed by atoms with Crippen LogP contribution in [0.3, 0.4) is 0 Å². The second-order valence-electron chi connectivity index (χ2n) is 19.3. The highest BCUT2D eigenvalue weighted by molar-refractivity contribution is 7.81. The molecule has 4 amide bonds. The minimum Gasteiger partial charge on any atom is -0.493 e. The molecule has 72 heavy (non-hydrogen) atoms. The van der Waals surface area contributed by atoms with E-state index in [4.69, 9.17) is 28.3 Å². The van der Waals surface area contributed by atoms with Crippen LogP contribution >= 0.6 is 23.6 Å². The first-order valence-electron chi connectivity index (χ1n) is 23.3. The molecule has 0 radical (unpaired) electrons. The average Bonchev–Trinajstić information content (AvgIpc) is 4.01. The number of nitrogens with one attached hydrogen (secondary N) is 2. The van der Waals surface area contributed by atoms with Crippen molar-refractivity contribution in [2.75, 3.05) is 29.6 Å². The number of rotatable bonds is 17. The van der Waals surface area contributed by atoms with E-state index in [0.717, 1.165) is 44.3 Å². The van der Waals surface area contributed by atoms with Crippen molar-refractivity contribution in [3.63, 3.8) is 0 Å². The fourth-order valence-corrected chi connectivity index (χ4v) is 9.93. The number of benzene rings is 4. The van der Waals surface area contributed by atoms with Gasteiger partial charge in [0.25, 0.3) is 5.91 Å². The van der Waals surface area contributed by atoms with Crippen LogP contribution in [0.25, 0.3) is 15.3 Å². The van der Waals surface area contributed by atoms with Crippen molar-refractivity contribution < 1.29 is 46.9 Å². The molecule has 3 atom stereocenters. The lowest BCUT2D eigenvalue weighted by Gasteiger charge is -2.35. The van der Waals surface area contributed by atoms with Gasteiger partial charge in [0.2, 0.25) is 17.7 Å². The van der Waals surface area contributed by atoms with Gasteiger partial charge in [-0.25, -0.2) is 9.83 Å². The summed E-state index contributed by atoms with van der Waals surface area (Å²) in [7, 11) is 0. The molecular weight excluding hydrogens is 968 g/mol. The lowest BCUT2D eigenvalue weighted by Crippen LogP contribution is -2.57. The number of nitrogens with zero attached hydrogens (tertiary/aromatic N) is 5. The summed E-state index contributed by atoms with van der Waals surface area (Å²) in [6.45, 7) is 18.8. The monoisotopic (exact) mass is 1020 g/mol. The number of hydrogen-bond acceptors (Lipinski definition) is 10. The summed E-state index contributed by atoms with van der Waals surface area (Å²) < 4.78 is 53.1. The third-order valence-corrected chi connectivity index (χ3v) is 13.9. The zero-order valence-electron chi connectivity index (χ0n) is 40.7. The second kappa shape index (κ2) is 21.9. The lowest BCUT2D eigenvalue weighted by atomic mass is 9.85. The Morgan fingerprint density at radius 2 is 1.56 bits per heavy atom. The summed E-state index contributed by atoms with van der Waals surface area (Å²) in [5.41, 5.74) is 2.36. The van der Waals surface area contributed by atoms with Crippen molar-refractivity contribution in [1.29, 1.82) is 0 Å². The van der Waals surface area contributed by atoms with Gasteiger partial charge in [0.15, 0.2) is 10.8 Å². The second-order valence-corrected chi connectivity index (χ2v) is 20.5. The van der Waals surface area contributed by atoms with Crippen molar-refractivity contribution in [2.24, 2.45) is 5.41 Å². The molecule has 5 aromatic rings. The molecule has 0 aliphatic carbocycles. The Bertz CT molecular complexity index is 2840. The number of amides is 4. The summed E-state index contributed by atoms with van der Waals surface area (Å²) in [5, 5.41) is 16.4. The summed E-state index contributed by atoms with van der Waals surface area (Å²) in [5.74, 6) is -0.489. The van der Waals surface area contributed by atoms with E-state index in [0.29, 0.717) is 43.2 Å². The summed E-state index contributed by atoms with van der Waals surface area (Å²) in [6.07, 6.45) is -4.54. The van der Waals surface area contributed by atoms with Crippen molar-refractivity contribution in [2.45, 2.75) is 104 Å². The molecule has 0 saturated carbocycles. The minimum atomic E-state index is -4.80. The number of halogens is 3. The van der Waals surface area contributed by atoms with E-state index in [9.17, 15) is 37.5 Å². The van der Waals surface area contributed by atoms with Gasteiger partial charge in [-0.2, -0.15) is 13.2 Å². The smallest absolute Gasteiger partial charge is 0.407 e. The van der Waals surface area contributed by atoms with Gasteiger partial charge < -0.3 is 35.0 Å². The topological polar surface area (TPSA) is 158 Å². The van der Waals surface area contributed by atoms with E-state index in [1.54, 1.807) is 59.9 Å². The van der Waals surface area contributed by atoms with Crippen LogP contribution in [0.15, 0.2) is 96.5 Å². The van der Waals surface area contributed by atoms with Crippen LogP contribution in [0.2, 0.25) is 0 Å². The summed E-state index contributed by atoms with van der Waals surface area (Å²) in [6, 6.07) is 23.3. The van der Waals surface area contributed by atoms with Gasteiger partial charge in [-0.1, -0.05) is 63.2 Å². The maximum Gasteiger partial charge on any atom is 0.407 e. The van der Waals surface area contributed by atoms with E-state index in [2.05, 4.69) is 20.5 Å². The Morgan fingerprint density at radius 3 is 2.14 bits per heavy atom. The molecule has 378 valence electrons. The third kappa shape index (κ3) is 12.1. The van der Waals surface area contributed by atoms with E-state index >= 15 is 0 Å². The van der Waals surface area contributed by atoms with Gasteiger partial charge in [0.05, 0.1) is 47.5 Å². The van der Waals surface area contributed by atoms with Gasteiger partial charge in [-0.15, -0.1) is 11.3 Å². The normalized spacial score (nSPS) is 17.2. The number of thiazole rings is 1. The van der Waals surface area contributed by atoms with E-state index < -0.39 is 58.4 Å². The number of aryl methyl sites for hydroxylation is 2. The van der Waals surface area contributed by atoms with Crippen LogP contribution in [0.4, 0.5) is 30.2 Å². The molecule has 0 unspecified atom stereocenters. The van der Waals surface area contributed by atoms with E-state index in [1.165, 1.54) is 11.0 Å². The van der Waals surface area contributed by atoms with Gasteiger partial charge >= 0.3 is 6.18 Å². The number of likely N-dealkylation sites (tertiary alicyclic amines) is 1. The van der Waals surface area contributed by atoms with Crippen LogP contribution in [0.5, 0.6) is 11.5 Å². The molecule has 14 nitrogen and oxygen atoms in total. The molecule has 19 heteroatoms. The number of hydrogen-bond donors (Lipinski definition) is 3. The molecule has 2 saturated heterocycles. The Kier molecular flexibility index (Phi) is 16.1. The standard InChI is InChI=1S/C53H56F3N7O7S2/c1-32-45(72-31-59-32)35-14-9-34(10-15-35)29-58-47(66)43-28-38(64)30-61(43)48(67)46(51(2,3)4)60-44(65)24-13-33-11-19-39(20-12-33)69-25-8-26-70-40-21-16-36(17-22-40)63-50(71)62(49(68)52(63,5)6)37-18-23-42(57-7)41(27-37)53(54,55)56/h9-12,14-23,27,31,38,43,46,64H,8,13,24-26,28-30H2,1-6H3,(H,58,66)(H,60,65)/t38-,43+,46-/m1/s1. The van der Waals surface area contributed by atoms with Crippen LogP contribution < -0.4 is 29.9 Å². The molecule has 0 spiro atoms. The molecule has 1 aromatic heterocycles. The maximum absolute atomic E-state index is 14.1. The SMILES string of the molecule is [C-]#[N+]c1ccc(N2C(=O)C(C)(C)N(c3ccc(OCCCOc4ccc(CCC(=O)N[C@H](C(=O)N5C[C@H](O)C[C@H]5C(=O)NCc5ccc(-c6scnc6C)cc5)C(C)(C)C)cc4)cc3)C2=S)cc1C(F)(F)F. The number of β-amino-alcohol motifs (C(OH)–C–C–N with tert-alkyl or cyclic N) is 1. The molecule has 2 fully saturated rings. The number of thiocarbonyl (C=S) groups is 1. The molecule has 0 bridgehead atoms. The van der Waals surface area contributed by atoms with Gasteiger partial charge in [0.1, 0.15) is 29.1 Å². The van der Waals surface area contributed by atoms with E-state index in [-0.39, 0.29) is 48.5 Å². The Hall–Kier alpha value is -6.88. The number of carbonyl (C=O) groups is 4. The largest absolute Gasteiger partial charge is 0.493 e. The van der Waals surface area contributed by atoms with E-state index in [1.807, 2.05) is 76.2 Å². The number of aliphatic hydroxyl groups excluding tert-OH is 1. The molecule has 2 aliphatic heterocycles. The number of anilines is 2. The number of alkyl halides is 3. The Morgan fingerprint density at radius 1 is 0.944 bits per heavy atom. The quantitative estimate of drug-likeness (QED) is 0.0466. The summed E-state index contributed by atoms with van der Waals surface area (Å²) >= 11 is 7.20. The predicted octanol–water partition coefficient (Wildman–Crippen LogP) is 9.19. The zero-order chi connectivity index (χ0) is 52.1. The number of aromatic nitrogens is 1. The molecular formula is C53H56F3N7O7S2. The van der Waals surface area contributed by atoms with Crippen LogP contribution in [-0.4, -0.2) is 87.2 Å².